The summed E-state index contributed by atoms with van der Waals surface area (Å²) in [6, 6.07) is 14.8. The smallest absolute Gasteiger partial charge is 0.236 e. The Morgan fingerprint density at radius 3 is 2.38 bits per heavy atom. The van der Waals surface area contributed by atoms with Crippen molar-refractivity contribution < 1.29 is 13.9 Å². The van der Waals surface area contributed by atoms with Crippen LogP contribution in [0, 0.1) is 5.82 Å². The number of hydrogen-bond acceptors (Lipinski definition) is 3. The van der Waals surface area contributed by atoms with Crippen LogP contribution < -0.4 is 4.74 Å². The summed E-state index contributed by atoms with van der Waals surface area (Å²) in [6.07, 6.45) is 2.13. The molecule has 0 N–H and O–H groups in total. The molecule has 0 aliphatic heterocycles. The molecule has 138 valence electrons. The Bertz CT molecular complexity index is 761. The third-order valence-corrected chi connectivity index (χ3v) is 4.76. The average Bonchev–Trinajstić information content (AvgIpc) is 3.48. The summed E-state index contributed by atoms with van der Waals surface area (Å²) in [6.45, 7) is 1.25. The molecule has 0 heterocycles. The minimum atomic E-state index is -0.215. The van der Waals surface area contributed by atoms with E-state index in [-0.39, 0.29) is 11.7 Å². The molecule has 0 atom stereocenters. The predicted octanol–water partition coefficient (Wildman–Crippen LogP) is 3.46. The standard InChI is InChI=1S/C21H25FN2O2/c1-23(13-17-8-4-6-10-20(17)26-2)21(25)15-24(18-11-12-18)14-16-7-3-5-9-19(16)22/h3-10,18H,11-15H2,1-2H3. The fourth-order valence-electron chi connectivity index (χ4n) is 3.07. The van der Waals surface area contributed by atoms with Crippen molar-refractivity contribution in [3.63, 3.8) is 0 Å². The molecule has 1 saturated carbocycles. The molecule has 0 unspecified atom stereocenters. The van der Waals surface area contributed by atoms with Gasteiger partial charge in [0.05, 0.1) is 13.7 Å². The zero-order valence-corrected chi connectivity index (χ0v) is 15.3. The number of rotatable bonds is 8. The van der Waals surface area contributed by atoms with E-state index in [4.69, 9.17) is 4.74 Å². The van der Waals surface area contributed by atoms with Crippen molar-refractivity contribution in [3.05, 3.63) is 65.5 Å². The molecule has 5 heteroatoms. The number of ether oxygens (including phenoxy) is 1. The first-order valence-electron chi connectivity index (χ1n) is 8.92. The van der Waals surface area contributed by atoms with Gasteiger partial charge in [0.1, 0.15) is 11.6 Å². The summed E-state index contributed by atoms with van der Waals surface area (Å²) in [5.74, 6) is 0.588. The lowest BCUT2D eigenvalue weighted by Gasteiger charge is -2.25. The summed E-state index contributed by atoms with van der Waals surface area (Å²) in [4.78, 5) is 16.5. The van der Waals surface area contributed by atoms with Gasteiger partial charge in [0.2, 0.25) is 5.91 Å². The van der Waals surface area contributed by atoms with Gasteiger partial charge in [-0.2, -0.15) is 0 Å². The maximum absolute atomic E-state index is 14.0. The number of benzene rings is 2. The minimum Gasteiger partial charge on any atom is -0.496 e. The number of amides is 1. The Hall–Kier alpha value is -2.40. The summed E-state index contributed by atoms with van der Waals surface area (Å²) in [7, 11) is 3.42. The van der Waals surface area contributed by atoms with Crippen molar-refractivity contribution in [1.82, 2.24) is 9.80 Å². The highest BCUT2D eigenvalue weighted by Gasteiger charge is 2.31. The van der Waals surface area contributed by atoms with E-state index in [1.807, 2.05) is 30.3 Å². The van der Waals surface area contributed by atoms with Crippen molar-refractivity contribution in [2.45, 2.75) is 32.0 Å². The van der Waals surface area contributed by atoms with Gasteiger partial charge in [-0.3, -0.25) is 9.69 Å². The van der Waals surface area contributed by atoms with Crippen LogP contribution in [0.1, 0.15) is 24.0 Å². The van der Waals surface area contributed by atoms with E-state index < -0.39 is 0 Å². The fraction of sp³-hybridized carbons (Fsp3) is 0.381. The molecular formula is C21H25FN2O2. The summed E-state index contributed by atoms with van der Waals surface area (Å²) < 4.78 is 19.3. The lowest BCUT2D eigenvalue weighted by molar-refractivity contribution is -0.132. The topological polar surface area (TPSA) is 32.8 Å². The number of methoxy groups -OCH3 is 1. The quantitative estimate of drug-likeness (QED) is 0.726. The summed E-state index contributed by atoms with van der Waals surface area (Å²) in [5.41, 5.74) is 1.61. The van der Waals surface area contributed by atoms with Crippen molar-refractivity contribution in [3.8, 4) is 5.75 Å². The van der Waals surface area contributed by atoms with Crippen LogP contribution in [0.2, 0.25) is 0 Å². The van der Waals surface area contributed by atoms with Gasteiger partial charge in [0.25, 0.3) is 0 Å². The number of nitrogens with zero attached hydrogens (tertiary/aromatic N) is 2. The van der Waals surface area contributed by atoms with E-state index in [2.05, 4.69) is 4.90 Å². The van der Waals surface area contributed by atoms with Gasteiger partial charge in [-0.1, -0.05) is 36.4 Å². The fourth-order valence-corrected chi connectivity index (χ4v) is 3.07. The highest BCUT2D eigenvalue weighted by atomic mass is 19.1. The lowest BCUT2D eigenvalue weighted by atomic mass is 10.2. The van der Waals surface area contributed by atoms with Gasteiger partial charge >= 0.3 is 0 Å². The molecule has 2 aromatic rings. The van der Waals surface area contributed by atoms with E-state index in [1.54, 1.807) is 31.2 Å². The molecule has 0 radical (unpaired) electrons. The third kappa shape index (κ3) is 4.61. The number of hydrogen-bond donors (Lipinski definition) is 0. The Morgan fingerprint density at radius 2 is 1.73 bits per heavy atom. The second-order valence-corrected chi connectivity index (χ2v) is 6.79. The number of halogens is 1. The molecule has 0 saturated heterocycles. The van der Waals surface area contributed by atoms with E-state index in [0.29, 0.717) is 31.2 Å². The molecule has 3 rings (SSSR count). The first kappa shape index (κ1) is 18.4. The molecule has 4 nitrogen and oxygen atoms in total. The zero-order chi connectivity index (χ0) is 18.5. The molecule has 1 fully saturated rings. The maximum Gasteiger partial charge on any atom is 0.236 e. The normalized spacial score (nSPS) is 13.7. The van der Waals surface area contributed by atoms with E-state index in [0.717, 1.165) is 24.2 Å². The zero-order valence-electron chi connectivity index (χ0n) is 15.3. The van der Waals surface area contributed by atoms with Crippen molar-refractivity contribution in [1.29, 1.82) is 0 Å². The SMILES string of the molecule is COc1ccccc1CN(C)C(=O)CN(Cc1ccccc1F)C1CC1. The van der Waals surface area contributed by atoms with E-state index >= 15 is 0 Å². The van der Waals surface area contributed by atoms with Crippen molar-refractivity contribution in [2.75, 3.05) is 20.7 Å². The number of carbonyl (C=O) groups is 1. The van der Waals surface area contributed by atoms with Crippen LogP contribution in [-0.4, -0.2) is 42.5 Å². The van der Waals surface area contributed by atoms with E-state index in [9.17, 15) is 9.18 Å². The monoisotopic (exact) mass is 356 g/mol. The van der Waals surface area contributed by atoms with Crippen LogP contribution in [-0.2, 0) is 17.9 Å². The molecule has 1 aliphatic rings. The van der Waals surface area contributed by atoms with Crippen LogP contribution in [0.5, 0.6) is 5.75 Å². The van der Waals surface area contributed by atoms with Gasteiger partial charge in [-0.25, -0.2) is 4.39 Å². The molecule has 2 aromatic carbocycles. The van der Waals surface area contributed by atoms with Crippen LogP contribution in [0.15, 0.2) is 48.5 Å². The van der Waals surface area contributed by atoms with Crippen LogP contribution in [0.25, 0.3) is 0 Å². The first-order valence-corrected chi connectivity index (χ1v) is 8.92. The summed E-state index contributed by atoms with van der Waals surface area (Å²) >= 11 is 0. The summed E-state index contributed by atoms with van der Waals surface area (Å²) in [5, 5.41) is 0. The second-order valence-electron chi connectivity index (χ2n) is 6.79. The molecule has 26 heavy (non-hydrogen) atoms. The minimum absolute atomic E-state index is 0.0270. The maximum atomic E-state index is 14.0. The third-order valence-electron chi connectivity index (χ3n) is 4.76. The average molecular weight is 356 g/mol. The van der Waals surface area contributed by atoms with Gasteiger partial charge < -0.3 is 9.64 Å². The first-order chi connectivity index (χ1) is 12.6. The second kappa shape index (κ2) is 8.32. The van der Waals surface area contributed by atoms with Crippen molar-refractivity contribution in [2.24, 2.45) is 0 Å². The largest absolute Gasteiger partial charge is 0.496 e. The Labute approximate surface area is 154 Å². The highest BCUT2D eigenvalue weighted by molar-refractivity contribution is 5.78. The predicted molar refractivity (Wildman–Crippen MR) is 99.3 cm³/mol. The van der Waals surface area contributed by atoms with E-state index in [1.165, 1.54) is 6.07 Å². The van der Waals surface area contributed by atoms with Crippen molar-refractivity contribution >= 4 is 5.91 Å². The van der Waals surface area contributed by atoms with Gasteiger partial charge in [0, 0.05) is 37.3 Å². The highest BCUT2D eigenvalue weighted by Crippen LogP contribution is 2.29. The van der Waals surface area contributed by atoms with Crippen LogP contribution >= 0.6 is 0 Å². The molecule has 0 bridgehead atoms. The van der Waals surface area contributed by atoms with Gasteiger partial charge in [-0.15, -0.1) is 0 Å². The molecular weight excluding hydrogens is 331 g/mol. The van der Waals surface area contributed by atoms with Gasteiger partial charge in [0.15, 0.2) is 0 Å². The molecule has 1 amide bonds. The van der Waals surface area contributed by atoms with Crippen LogP contribution in [0.4, 0.5) is 4.39 Å². The van der Waals surface area contributed by atoms with Gasteiger partial charge in [-0.05, 0) is 25.0 Å². The number of likely N-dealkylation sites (N-methyl/N-ethyl adjacent to an activating group) is 1. The Balaban J connectivity index is 1.63. The van der Waals surface area contributed by atoms with Crippen LogP contribution in [0.3, 0.4) is 0 Å². The Morgan fingerprint density at radius 1 is 1.08 bits per heavy atom. The molecule has 1 aliphatic carbocycles. The molecule has 0 spiro atoms. The Kier molecular flexibility index (Phi) is 5.89. The number of para-hydroxylation sites is 1. The lowest BCUT2D eigenvalue weighted by Crippen LogP contribution is -2.39. The number of carbonyl (C=O) groups excluding carboxylic acids is 1. The molecule has 0 aromatic heterocycles.